The van der Waals surface area contributed by atoms with Gasteiger partial charge >= 0.3 is 5.97 Å². The Bertz CT molecular complexity index is 870. The van der Waals surface area contributed by atoms with E-state index in [-0.39, 0.29) is 13.0 Å². The van der Waals surface area contributed by atoms with Crippen molar-refractivity contribution in [2.24, 2.45) is 0 Å². The number of nitrogens with zero attached hydrogens (tertiary/aromatic N) is 1. The first kappa shape index (κ1) is 22.9. The summed E-state index contributed by atoms with van der Waals surface area (Å²) < 4.78 is 23.4. The van der Waals surface area contributed by atoms with Crippen LogP contribution < -0.4 is 10.1 Å². The molecule has 0 saturated heterocycles. The third kappa shape index (κ3) is 8.30. The lowest BCUT2D eigenvalue weighted by atomic mass is 10.2. The number of likely N-dealkylation sites (N-methyl/N-ethyl adjacent to an activating group) is 1. The SMILES string of the molecule is Cc1cccc(OCCCC(=O)OCC(=O)N(C)CC(=O)Nc2ccc(F)cc2)c1. The van der Waals surface area contributed by atoms with Gasteiger partial charge in [0.1, 0.15) is 11.6 Å². The first-order valence-corrected chi connectivity index (χ1v) is 9.48. The van der Waals surface area contributed by atoms with Crippen LogP contribution in [0.3, 0.4) is 0 Å². The van der Waals surface area contributed by atoms with Gasteiger partial charge in [-0.2, -0.15) is 0 Å². The summed E-state index contributed by atoms with van der Waals surface area (Å²) in [5.41, 5.74) is 1.50. The summed E-state index contributed by atoms with van der Waals surface area (Å²) in [6.07, 6.45) is 0.574. The fourth-order valence-corrected chi connectivity index (χ4v) is 2.47. The van der Waals surface area contributed by atoms with Crippen LogP contribution in [0.25, 0.3) is 0 Å². The van der Waals surface area contributed by atoms with E-state index in [1.54, 1.807) is 0 Å². The van der Waals surface area contributed by atoms with E-state index in [1.807, 2.05) is 31.2 Å². The molecule has 2 aromatic rings. The maximum Gasteiger partial charge on any atom is 0.306 e. The van der Waals surface area contributed by atoms with Crippen LogP contribution in [0.2, 0.25) is 0 Å². The molecule has 1 N–H and O–H groups in total. The van der Waals surface area contributed by atoms with Crippen LogP contribution in [0.4, 0.5) is 10.1 Å². The number of aryl methyl sites for hydroxylation is 1. The van der Waals surface area contributed by atoms with Crippen molar-refractivity contribution in [3.63, 3.8) is 0 Å². The van der Waals surface area contributed by atoms with Crippen LogP contribution in [-0.2, 0) is 19.1 Å². The van der Waals surface area contributed by atoms with Crippen molar-refractivity contribution in [2.75, 3.05) is 32.1 Å². The van der Waals surface area contributed by atoms with Crippen LogP contribution in [-0.4, -0.2) is 49.5 Å². The monoisotopic (exact) mass is 416 g/mol. The Balaban J connectivity index is 1.61. The molecule has 0 spiro atoms. The molecule has 0 aliphatic carbocycles. The number of hydrogen-bond acceptors (Lipinski definition) is 5. The highest BCUT2D eigenvalue weighted by molar-refractivity contribution is 5.94. The summed E-state index contributed by atoms with van der Waals surface area (Å²) in [6.45, 7) is 1.65. The second-order valence-corrected chi connectivity index (χ2v) is 6.73. The Morgan fingerprint density at radius 2 is 1.83 bits per heavy atom. The summed E-state index contributed by atoms with van der Waals surface area (Å²) >= 11 is 0. The molecular weight excluding hydrogens is 391 g/mol. The zero-order valence-corrected chi connectivity index (χ0v) is 17.0. The predicted octanol–water partition coefficient (Wildman–Crippen LogP) is 2.93. The first-order chi connectivity index (χ1) is 14.3. The molecule has 0 saturated carbocycles. The summed E-state index contributed by atoms with van der Waals surface area (Å²) in [5.74, 6) is -1.14. The molecule has 2 aromatic carbocycles. The van der Waals surface area contributed by atoms with Gasteiger partial charge in [-0.05, 0) is 55.3 Å². The minimum absolute atomic E-state index is 0.119. The molecule has 0 atom stereocenters. The third-order valence-electron chi connectivity index (χ3n) is 4.07. The molecule has 0 aliphatic heterocycles. The van der Waals surface area contributed by atoms with Gasteiger partial charge in [0.2, 0.25) is 5.91 Å². The Hall–Kier alpha value is -3.42. The average Bonchev–Trinajstić information content (AvgIpc) is 2.71. The number of carbonyl (C=O) groups excluding carboxylic acids is 3. The molecule has 30 heavy (non-hydrogen) atoms. The van der Waals surface area contributed by atoms with Crippen LogP contribution in [0.15, 0.2) is 48.5 Å². The fourth-order valence-electron chi connectivity index (χ4n) is 2.47. The van der Waals surface area contributed by atoms with Crippen molar-refractivity contribution in [1.29, 1.82) is 0 Å². The lowest BCUT2D eigenvalue weighted by Crippen LogP contribution is -2.37. The van der Waals surface area contributed by atoms with Crippen molar-refractivity contribution >= 4 is 23.5 Å². The highest BCUT2D eigenvalue weighted by Gasteiger charge is 2.15. The van der Waals surface area contributed by atoms with E-state index in [2.05, 4.69) is 5.32 Å². The van der Waals surface area contributed by atoms with Crippen LogP contribution >= 0.6 is 0 Å². The van der Waals surface area contributed by atoms with Gasteiger partial charge in [0.15, 0.2) is 6.61 Å². The number of esters is 1. The number of hydrogen-bond donors (Lipinski definition) is 1. The molecule has 0 radical (unpaired) electrons. The average molecular weight is 416 g/mol. The van der Waals surface area contributed by atoms with Gasteiger partial charge in [0, 0.05) is 19.2 Å². The molecule has 160 valence electrons. The van der Waals surface area contributed by atoms with Gasteiger partial charge in [-0.15, -0.1) is 0 Å². The second kappa shape index (κ2) is 11.5. The Kier molecular flexibility index (Phi) is 8.80. The van der Waals surface area contributed by atoms with Gasteiger partial charge in [-0.25, -0.2) is 4.39 Å². The molecule has 2 amide bonds. The van der Waals surface area contributed by atoms with E-state index in [4.69, 9.17) is 9.47 Å². The predicted molar refractivity (Wildman–Crippen MR) is 110 cm³/mol. The molecule has 0 unspecified atom stereocenters. The zero-order chi connectivity index (χ0) is 21.9. The van der Waals surface area contributed by atoms with E-state index in [0.29, 0.717) is 18.7 Å². The van der Waals surface area contributed by atoms with Crippen molar-refractivity contribution in [3.05, 3.63) is 59.9 Å². The van der Waals surface area contributed by atoms with Gasteiger partial charge < -0.3 is 19.7 Å². The smallest absolute Gasteiger partial charge is 0.306 e. The summed E-state index contributed by atoms with van der Waals surface area (Å²) in [4.78, 5) is 36.9. The standard InChI is InChI=1S/C22H25FN2O5/c1-16-5-3-6-19(13-16)29-12-4-7-22(28)30-15-21(27)25(2)14-20(26)24-18-10-8-17(23)9-11-18/h3,5-6,8-11,13H,4,7,12,14-15H2,1-2H3,(H,24,26). The molecule has 8 heteroatoms. The molecule has 0 bridgehead atoms. The Labute approximate surface area is 174 Å². The van der Waals surface area contributed by atoms with Gasteiger partial charge in [0.05, 0.1) is 13.2 Å². The van der Waals surface area contributed by atoms with Crippen molar-refractivity contribution in [2.45, 2.75) is 19.8 Å². The van der Waals surface area contributed by atoms with Gasteiger partial charge in [-0.3, -0.25) is 14.4 Å². The lowest BCUT2D eigenvalue weighted by Gasteiger charge is -2.16. The number of halogens is 1. The van der Waals surface area contributed by atoms with Crippen LogP contribution in [0.1, 0.15) is 18.4 Å². The quantitative estimate of drug-likeness (QED) is 0.476. The normalized spacial score (nSPS) is 10.2. The van der Waals surface area contributed by atoms with Crippen molar-refractivity contribution < 1.29 is 28.2 Å². The third-order valence-corrected chi connectivity index (χ3v) is 4.07. The largest absolute Gasteiger partial charge is 0.494 e. The second-order valence-electron chi connectivity index (χ2n) is 6.73. The molecule has 7 nitrogen and oxygen atoms in total. The number of rotatable bonds is 10. The van der Waals surface area contributed by atoms with E-state index in [1.165, 1.54) is 31.3 Å². The molecule has 2 rings (SSSR count). The Morgan fingerprint density at radius 3 is 2.53 bits per heavy atom. The molecule has 0 aliphatic rings. The number of carbonyl (C=O) groups is 3. The summed E-state index contributed by atoms with van der Waals surface area (Å²) in [6, 6.07) is 12.9. The number of benzene rings is 2. The highest BCUT2D eigenvalue weighted by atomic mass is 19.1. The lowest BCUT2D eigenvalue weighted by molar-refractivity contribution is -0.152. The van der Waals surface area contributed by atoms with E-state index in [0.717, 1.165) is 16.2 Å². The zero-order valence-electron chi connectivity index (χ0n) is 17.0. The minimum Gasteiger partial charge on any atom is -0.494 e. The van der Waals surface area contributed by atoms with Crippen LogP contribution in [0, 0.1) is 12.7 Å². The summed E-state index contributed by atoms with van der Waals surface area (Å²) in [5, 5.41) is 2.55. The van der Waals surface area contributed by atoms with Crippen LogP contribution in [0.5, 0.6) is 5.75 Å². The molecular formula is C22H25FN2O5. The molecule has 0 aromatic heterocycles. The highest BCUT2D eigenvalue weighted by Crippen LogP contribution is 2.13. The van der Waals surface area contributed by atoms with E-state index in [9.17, 15) is 18.8 Å². The van der Waals surface area contributed by atoms with Crippen molar-refractivity contribution in [3.8, 4) is 5.75 Å². The van der Waals surface area contributed by atoms with Gasteiger partial charge in [0.25, 0.3) is 5.91 Å². The van der Waals surface area contributed by atoms with Gasteiger partial charge in [-0.1, -0.05) is 12.1 Å². The number of amides is 2. The van der Waals surface area contributed by atoms with Crippen molar-refractivity contribution in [1.82, 2.24) is 4.90 Å². The topological polar surface area (TPSA) is 84.9 Å². The first-order valence-electron chi connectivity index (χ1n) is 9.48. The minimum atomic E-state index is -0.514. The molecule has 0 heterocycles. The number of ether oxygens (including phenoxy) is 2. The number of nitrogens with one attached hydrogen (secondary N) is 1. The fraction of sp³-hybridized carbons (Fsp3) is 0.318. The number of anilines is 1. The maximum absolute atomic E-state index is 12.9. The van der Waals surface area contributed by atoms with E-state index >= 15 is 0 Å². The Morgan fingerprint density at radius 1 is 1.10 bits per heavy atom. The van der Waals surface area contributed by atoms with E-state index < -0.39 is 30.2 Å². The maximum atomic E-state index is 12.9. The molecule has 0 fully saturated rings. The summed E-state index contributed by atoms with van der Waals surface area (Å²) in [7, 11) is 1.43.